The molecule has 3 rings (SSSR count). The minimum absolute atomic E-state index is 0.0476. The lowest BCUT2D eigenvalue weighted by molar-refractivity contribution is 0.101. The van der Waals surface area contributed by atoms with E-state index in [9.17, 15) is 4.79 Å². The smallest absolute Gasteiger partial charge is 0.186 e. The number of carbonyl (C=O) groups is 1. The van der Waals surface area contributed by atoms with Crippen LogP contribution in [0.15, 0.2) is 30.3 Å². The zero-order chi connectivity index (χ0) is 15.0. The zero-order valence-electron chi connectivity index (χ0n) is 11.6. The summed E-state index contributed by atoms with van der Waals surface area (Å²) in [7, 11) is 0. The third-order valence-electron chi connectivity index (χ3n) is 3.67. The predicted octanol–water partition coefficient (Wildman–Crippen LogP) is 2.43. The number of nitrogens with two attached hydrogens (primary N) is 1. The number of benzene rings is 1. The molecule has 21 heavy (non-hydrogen) atoms. The summed E-state index contributed by atoms with van der Waals surface area (Å²) in [5, 5.41) is 8.98. The lowest BCUT2D eigenvalue weighted by Crippen LogP contribution is -2.17. The largest absolute Gasteiger partial charge is 0.383 e. The lowest BCUT2D eigenvalue weighted by atomic mass is 10.1. The Kier molecular flexibility index (Phi) is 3.07. The van der Waals surface area contributed by atoms with E-state index >= 15 is 0 Å². The molecule has 2 aromatic rings. The topological polar surface area (TPSA) is 83.0 Å². The number of carbonyl (C=O) groups excluding carboxylic acids is 1. The molecule has 2 heterocycles. The Morgan fingerprint density at radius 3 is 2.71 bits per heavy atom. The first-order valence-corrected chi connectivity index (χ1v) is 6.74. The molecule has 104 valence electrons. The summed E-state index contributed by atoms with van der Waals surface area (Å²) in [6, 6.07) is 11.5. The summed E-state index contributed by atoms with van der Waals surface area (Å²) in [6.45, 7) is 2.32. The third-order valence-corrected chi connectivity index (χ3v) is 3.67. The molecule has 2 N–H and O–H groups in total. The monoisotopic (exact) mass is 278 g/mol. The quantitative estimate of drug-likeness (QED) is 0.912. The molecular formula is C16H14N4O. The van der Waals surface area contributed by atoms with Crippen LogP contribution in [0.4, 0.5) is 17.3 Å². The van der Waals surface area contributed by atoms with Gasteiger partial charge in [0.15, 0.2) is 5.78 Å². The number of nitrogens with zero attached hydrogens (tertiary/aromatic N) is 3. The van der Waals surface area contributed by atoms with Gasteiger partial charge in [-0.2, -0.15) is 5.26 Å². The van der Waals surface area contributed by atoms with Crippen LogP contribution in [0.1, 0.15) is 28.4 Å². The van der Waals surface area contributed by atoms with Crippen LogP contribution < -0.4 is 10.6 Å². The summed E-state index contributed by atoms with van der Waals surface area (Å²) in [6.07, 6.45) is 0.965. The second kappa shape index (κ2) is 4.91. The van der Waals surface area contributed by atoms with Crippen LogP contribution in [0.2, 0.25) is 0 Å². The highest BCUT2D eigenvalue weighted by atomic mass is 16.1. The maximum absolute atomic E-state index is 12.1. The maximum atomic E-state index is 12.1. The Hall–Kier alpha value is -2.87. The highest BCUT2D eigenvalue weighted by Gasteiger charge is 2.30. The number of hydrogen-bond acceptors (Lipinski definition) is 5. The van der Waals surface area contributed by atoms with E-state index in [0.717, 1.165) is 12.1 Å². The lowest BCUT2D eigenvalue weighted by Gasteiger charge is -2.18. The normalized spacial score (nSPS) is 13.1. The fraction of sp³-hybridized carbons (Fsp3) is 0.188. The number of nitriles is 1. The molecule has 0 aliphatic carbocycles. The zero-order valence-corrected chi connectivity index (χ0v) is 11.6. The Balaban J connectivity index is 2.07. The standard InChI is InChI=1S/C16H14N4O/c1-2-10-3-5-12(6-4-10)20-9-14(21)13-7-11(8-17)15(18)19-16(13)20/h3-7H,2,9H2,1H3,(H2,18,19). The van der Waals surface area contributed by atoms with Gasteiger partial charge in [0, 0.05) is 5.69 Å². The van der Waals surface area contributed by atoms with Crippen molar-refractivity contribution in [2.75, 3.05) is 17.2 Å². The van der Waals surface area contributed by atoms with Crippen molar-refractivity contribution in [2.45, 2.75) is 13.3 Å². The molecule has 0 spiro atoms. The van der Waals surface area contributed by atoms with Gasteiger partial charge in [-0.3, -0.25) is 4.79 Å². The second-order valence-electron chi connectivity index (χ2n) is 4.93. The van der Waals surface area contributed by atoms with Crippen LogP contribution in [0.25, 0.3) is 0 Å². The van der Waals surface area contributed by atoms with Crippen LogP contribution >= 0.6 is 0 Å². The summed E-state index contributed by atoms with van der Waals surface area (Å²) in [5.41, 5.74) is 8.60. The number of rotatable bonds is 2. The molecule has 1 aromatic heterocycles. The average molecular weight is 278 g/mol. The number of aryl methyl sites for hydroxylation is 1. The number of pyridine rings is 1. The SMILES string of the molecule is CCc1ccc(N2CC(=O)c3cc(C#N)c(N)nc32)cc1. The molecule has 0 fully saturated rings. The van der Waals surface area contributed by atoms with Crippen molar-refractivity contribution in [3.8, 4) is 6.07 Å². The van der Waals surface area contributed by atoms with Gasteiger partial charge in [0.2, 0.25) is 0 Å². The molecule has 0 atom stereocenters. The number of nitrogen functional groups attached to an aromatic ring is 1. The van der Waals surface area contributed by atoms with Crippen molar-refractivity contribution in [3.63, 3.8) is 0 Å². The third kappa shape index (κ3) is 2.11. The molecular weight excluding hydrogens is 264 g/mol. The number of aromatic nitrogens is 1. The fourth-order valence-corrected chi connectivity index (χ4v) is 2.45. The van der Waals surface area contributed by atoms with Crippen molar-refractivity contribution < 1.29 is 4.79 Å². The molecule has 0 saturated heterocycles. The first-order valence-electron chi connectivity index (χ1n) is 6.74. The minimum Gasteiger partial charge on any atom is -0.383 e. The molecule has 0 radical (unpaired) electrons. The van der Waals surface area contributed by atoms with E-state index in [0.29, 0.717) is 11.4 Å². The van der Waals surface area contributed by atoms with Crippen molar-refractivity contribution in [2.24, 2.45) is 0 Å². The summed E-state index contributed by atoms with van der Waals surface area (Å²) >= 11 is 0. The summed E-state index contributed by atoms with van der Waals surface area (Å²) in [5.74, 6) is 0.635. The van der Waals surface area contributed by atoms with Gasteiger partial charge >= 0.3 is 0 Å². The van der Waals surface area contributed by atoms with Crippen LogP contribution in [-0.2, 0) is 6.42 Å². The van der Waals surface area contributed by atoms with Crippen molar-refractivity contribution in [1.82, 2.24) is 4.98 Å². The molecule has 0 bridgehead atoms. The minimum atomic E-state index is -0.0476. The predicted molar refractivity (Wildman–Crippen MR) is 80.5 cm³/mol. The molecule has 0 saturated carbocycles. The van der Waals surface area contributed by atoms with Crippen LogP contribution in [0.3, 0.4) is 0 Å². The van der Waals surface area contributed by atoms with Crippen molar-refractivity contribution >= 4 is 23.1 Å². The Labute approximate surface area is 122 Å². The van der Waals surface area contributed by atoms with Gasteiger partial charge in [0.25, 0.3) is 0 Å². The van der Waals surface area contributed by atoms with E-state index < -0.39 is 0 Å². The van der Waals surface area contributed by atoms with Gasteiger partial charge in [-0.05, 0) is 30.2 Å². The van der Waals surface area contributed by atoms with E-state index in [1.54, 1.807) is 0 Å². The van der Waals surface area contributed by atoms with Gasteiger partial charge in [-0.25, -0.2) is 4.98 Å². The summed E-state index contributed by atoms with van der Waals surface area (Å²) < 4.78 is 0. The first kappa shape index (κ1) is 13.1. The molecule has 0 unspecified atom stereocenters. The highest BCUT2D eigenvalue weighted by molar-refractivity contribution is 6.10. The maximum Gasteiger partial charge on any atom is 0.186 e. The van der Waals surface area contributed by atoms with Gasteiger partial charge in [-0.1, -0.05) is 19.1 Å². The number of ketones is 1. The van der Waals surface area contributed by atoms with Gasteiger partial charge in [0.1, 0.15) is 17.7 Å². The highest BCUT2D eigenvalue weighted by Crippen LogP contribution is 2.34. The van der Waals surface area contributed by atoms with Gasteiger partial charge in [0.05, 0.1) is 17.7 Å². The van der Waals surface area contributed by atoms with Crippen LogP contribution in [0, 0.1) is 11.3 Å². The Bertz CT molecular complexity index is 759. The molecule has 0 amide bonds. The average Bonchev–Trinajstić information content (AvgIpc) is 2.82. The fourth-order valence-electron chi connectivity index (χ4n) is 2.45. The number of hydrogen-bond donors (Lipinski definition) is 1. The van der Waals surface area contributed by atoms with E-state index in [1.165, 1.54) is 11.6 Å². The molecule has 5 heteroatoms. The van der Waals surface area contributed by atoms with Gasteiger partial charge < -0.3 is 10.6 Å². The summed E-state index contributed by atoms with van der Waals surface area (Å²) in [4.78, 5) is 18.2. The number of fused-ring (bicyclic) bond motifs is 1. The van der Waals surface area contributed by atoms with E-state index in [4.69, 9.17) is 11.0 Å². The number of anilines is 3. The van der Waals surface area contributed by atoms with Crippen LogP contribution in [-0.4, -0.2) is 17.3 Å². The molecule has 5 nitrogen and oxygen atoms in total. The Morgan fingerprint density at radius 1 is 1.38 bits per heavy atom. The van der Waals surface area contributed by atoms with E-state index in [1.807, 2.05) is 35.2 Å². The second-order valence-corrected chi connectivity index (χ2v) is 4.93. The molecule has 1 aromatic carbocycles. The van der Waals surface area contributed by atoms with Crippen LogP contribution in [0.5, 0.6) is 0 Å². The molecule has 1 aliphatic heterocycles. The van der Waals surface area contributed by atoms with E-state index in [2.05, 4.69) is 11.9 Å². The first-order chi connectivity index (χ1) is 10.1. The number of Topliss-reactive ketones (excluding diaryl/α,β-unsaturated/α-hetero) is 1. The van der Waals surface area contributed by atoms with Crippen molar-refractivity contribution in [1.29, 1.82) is 5.26 Å². The van der Waals surface area contributed by atoms with Gasteiger partial charge in [-0.15, -0.1) is 0 Å². The van der Waals surface area contributed by atoms with Crippen molar-refractivity contribution in [3.05, 3.63) is 47.0 Å². The molecule has 1 aliphatic rings. The van der Waals surface area contributed by atoms with E-state index in [-0.39, 0.29) is 23.7 Å². The Morgan fingerprint density at radius 2 is 2.10 bits per heavy atom.